The topological polar surface area (TPSA) is 15.3 Å². The van der Waals surface area contributed by atoms with Crippen LogP contribution >= 0.6 is 0 Å². The maximum absolute atomic E-state index is 3.56. The van der Waals surface area contributed by atoms with Gasteiger partial charge in [0.25, 0.3) is 0 Å². The van der Waals surface area contributed by atoms with Gasteiger partial charge in [0.15, 0.2) is 0 Å². The van der Waals surface area contributed by atoms with Gasteiger partial charge in [-0.1, -0.05) is 6.08 Å². The van der Waals surface area contributed by atoms with E-state index in [1.165, 1.54) is 43.6 Å². The SMILES string of the molecule is CC1=CC23C(=CCCC2CCCN3C)N1. The van der Waals surface area contributed by atoms with Gasteiger partial charge in [-0.2, -0.15) is 0 Å². The summed E-state index contributed by atoms with van der Waals surface area (Å²) in [5.41, 5.74) is 3.03. The summed E-state index contributed by atoms with van der Waals surface area (Å²) in [5.74, 6) is 0.834. The normalized spacial score (nSPS) is 40.0. The first-order valence-electron chi connectivity index (χ1n) is 6.12. The number of nitrogens with one attached hydrogen (secondary N) is 1. The van der Waals surface area contributed by atoms with Crippen molar-refractivity contribution in [3.8, 4) is 0 Å². The van der Waals surface area contributed by atoms with Gasteiger partial charge in [0.05, 0.1) is 5.54 Å². The van der Waals surface area contributed by atoms with E-state index in [0.29, 0.717) is 0 Å². The average Bonchev–Trinajstić information content (AvgIpc) is 2.54. The number of likely N-dealkylation sites (N-methyl/N-ethyl adjacent to an activating group) is 1. The van der Waals surface area contributed by atoms with Crippen LogP contribution in [0.25, 0.3) is 0 Å². The van der Waals surface area contributed by atoms with E-state index in [1.54, 1.807) is 0 Å². The Labute approximate surface area is 92.0 Å². The second-order valence-corrected chi connectivity index (χ2v) is 5.23. The summed E-state index contributed by atoms with van der Waals surface area (Å²) >= 11 is 0. The Balaban J connectivity index is 2.09. The van der Waals surface area contributed by atoms with Crippen molar-refractivity contribution in [2.75, 3.05) is 13.6 Å². The van der Waals surface area contributed by atoms with E-state index in [0.717, 1.165) is 5.92 Å². The first-order chi connectivity index (χ1) is 7.23. The van der Waals surface area contributed by atoms with Crippen LogP contribution < -0.4 is 5.32 Å². The Bertz CT molecular complexity index is 342. The molecule has 1 saturated heterocycles. The molecule has 2 heteroatoms. The van der Waals surface area contributed by atoms with Gasteiger partial charge in [-0.3, -0.25) is 4.90 Å². The van der Waals surface area contributed by atoms with Gasteiger partial charge in [0, 0.05) is 11.4 Å². The lowest BCUT2D eigenvalue weighted by Crippen LogP contribution is -2.56. The van der Waals surface area contributed by atoms with Gasteiger partial charge in [-0.15, -0.1) is 0 Å². The third-order valence-electron chi connectivity index (χ3n) is 4.36. The molecule has 15 heavy (non-hydrogen) atoms. The number of piperidine rings is 1. The highest BCUT2D eigenvalue weighted by molar-refractivity contribution is 5.41. The van der Waals surface area contributed by atoms with E-state index in [-0.39, 0.29) is 5.54 Å². The smallest absolute Gasteiger partial charge is 0.0839 e. The quantitative estimate of drug-likeness (QED) is 0.651. The Morgan fingerprint density at radius 1 is 1.47 bits per heavy atom. The summed E-state index contributed by atoms with van der Waals surface area (Å²) in [4.78, 5) is 2.55. The van der Waals surface area contributed by atoms with Gasteiger partial charge >= 0.3 is 0 Å². The summed E-state index contributed by atoms with van der Waals surface area (Å²) in [7, 11) is 2.28. The van der Waals surface area contributed by atoms with Crippen LogP contribution in [0, 0.1) is 5.92 Å². The van der Waals surface area contributed by atoms with Crippen LogP contribution in [0.4, 0.5) is 0 Å². The number of rotatable bonds is 0. The maximum atomic E-state index is 3.56. The molecule has 1 aliphatic carbocycles. The van der Waals surface area contributed by atoms with Crippen LogP contribution in [0.1, 0.15) is 32.6 Å². The van der Waals surface area contributed by atoms with E-state index >= 15 is 0 Å². The number of hydrogen-bond acceptors (Lipinski definition) is 2. The van der Waals surface area contributed by atoms with Crippen molar-refractivity contribution in [3.05, 3.63) is 23.5 Å². The monoisotopic (exact) mass is 204 g/mol. The maximum Gasteiger partial charge on any atom is 0.0839 e. The number of likely N-dealkylation sites (tertiary alicyclic amines) is 1. The molecule has 0 aromatic carbocycles. The molecule has 2 atom stereocenters. The Hall–Kier alpha value is -0.760. The van der Waals surface area contributed by atoms with Crippen LogP contribution in [0.2, 0.25) is 0 Å². The first kappa shape index (κ1) is 9.46. The van der Waals surface area contributed by atoms with Crippen LogP contribution in [-0.2, 0) is 0 Å². The highest BCUT2D eigenvalue weighted by Crippen LogP contribution is 2.47. The second kappa shape index (κ2) is 3.11. The van der Waals surface area contributed by atoms with Crippen molar-refractivity contribution in [2.24, 2.45) is 5.92 Å². The Morgan fingerprint density at radius 2 is 2.33 bits per heavy atom. The largest absolute Gasteiger partial charge is 0.361 e. The fourth-order valence-corrected chi connectivity index (χ4v) is 3.71. The molecule has 2 heterocycles. The molecule has 1 spiro atoms. The number of hydrogen-bond donors (Lipinski definition) is 1. The van der Waals surface area contributed by atoms with Gasteiger partial charge < -0.3 is 5.32 Å². The molecule has 2 nitrogen and oxygen atoms in total. The predicted octanol–water partition coefficient (Wildman–Crippen LogP) is 2.25. The zero-order chi connectivity index (χ0) is 10.5. The molecule has 82 valence electrons. The fraction of sp³-hybridized carbons (Fsp3) is 0.692. The predicted molar refractivity (Wildman–Crippen MR) is 62.3 cm³/mol. The van der Waals surface area contributed by atoms with Crippen LogP contribution in [-0.4, -0.2) is 24.0 Å². The molecule has 1 N–H and O–H groups in total. The van der Waals surface area contributed by atoms with Gasteiger partial charge in [-0.05, 0) is 58.2 Å². The molecule has 3 rings (SSSR count). The zero-order valence-corrected chi connectivity index (χ0v) is 9.71. The lowest BCUT2D eigenvalue weighted by atomic mass is 9.70. The van der Waals surface area contributed by atoms with E-state index in [4.69, 9.17) is 0 Å². The zero-order valence-electron chi connectivity index (χ0n) is 9.71. The van der Waals surface area contributed by atoms with Gasteiger partial charge in [0.2, 0.25) is 0 Å². The molecular weight excluding hydrogens is 184 g/mol. The molecular formula is C13H20N2. The highest BCUT2D eigenvalue weighted by atomic mass is 15.2. The van der Waals surface area contributed by atoms with E-state index in [9.17, 15) is 0 Å². The number of allylic oxidation sites excluding steroid dienone is 2. The van der Waals surface area contributed by atoms with Crippen LogP contribution in [0.15, 0.2) is 23.5 Å². The van der Waals surface area contributed by atoms with Crippen LogP contribution in [0.3, 0.4) is 0 Å². The average molecular weight is 204 g/mol. The third kappa shape index (κ3) is 1.14. The molecule has 1 fully saturated rings. The Kier molecular flexibility index (Phi) is 1.96. The molecule has 2 unspecified atom stereocenters. The van der Waals surface area contributed by atoms with Gasteiger partial charge in [0.1, 0.15) is 0 Å². The molecule has 0 bridgehead atoms. The summed E-state index contributed by atoms with van der Waals surface area (Å²) in [5, 5.41) is 3.56. The van der Waals surface area contributed by atoms with Crippen molar-refractivity contribution in [1.29, 1.82) is 0 Å². The molecule has 0 aromatic heterocycles. The molecule has 3 aliphatic rings. The highest BCUT2D eigenvalue weighted by Gasteiger charge is 2.49. The molecule has 2 aliphatic heterocycles. The third-order valence-corrected chi connectivity index (χ3v) is 4.36. The summed E-state index contributed by atoms with van der Waals surface area (Å²) in [6.07, 6.45) is 10.2. The van der Waals surface area contributed by atoms with E-state index in [2.05, 4.69) is 36.3 Å². The summed E-state index contributed by atoms with van der Waals surface area (Å²) < 4.78 is 0. The van der Waals surface area contributed by atoms with Crippen LogP contribution in [0.5, 0.6) is 0 Å². The molecule has 0 aromatic rings. The summed E-state index contributed by atoms with van der Waals surface area (Å²) in [6.45, 7) is 3.42. The van der Waals surface area contributed by atoms with Crippen molar-refractivity contribution in [1.82, 2.24) is 10.2 Å². The summed E-state index contributed by atoms with van der Waals surface area (Å²) in [6, 6.07) is 0. The minimum atomic E-state index is 0.237. The van der Waals surface area contributed by atoms with E-state index < -0.39 is 0 Å². The second-order valence-electron chi connectivity index (χ2n) is 5.23. The van der Waals surface area contributed by atoms with Crippen molar-refractivity contribution in [2.45, 2.75) is 38.1 Å². The van der Waals surface area contributed by atoms with Gasteiger partial charge in [-0.25, -0.2) is 0 Å². The minimum absolute atomic E-state index is 0.237. The van der Waals surface area contributed by atoms with Crippen molar-refractivity contribution >= 4 is 0 Å². The Morgan fingerprint density at radius 3 is 3.20 bits per heavy atom. The lowest BCUT2D eigenvalue weighted by molar-refractivity contribution is 0.0739. The minimum Gasteiger partial charge on any atom is -0.361 e. The lowest BCUT2D eigenvalue weighted by Gasteiger charge is -2.50. The van der Waals surface area contributed by atoms with Crippen molar-refractivity contribution < 1.29 is 0 Å². The van der Waals surface area contributed by atoms with E-state index in [1.807, 2.05) is 0 Å². The molecule has 0 amide bonds. The molecule has 0 saturated carbocycles. The fourth-order valence-electron chi connectivity index (χ4n) is 3.71. The standard InChI is InChI=1S/C13H20N2/c1-10-9-13-11(6-4-8-15(13)2)5-3-7-12(13)14-10/h7,9,11,14H,3-6,8H2,1-2H3. The first-order valence-corrected chi connectivity index (χ1v) is 6.12. The number of nitrogens with zero attached hydrogens (tertiary/aromatic N) is 1. The molecule has 0 radical (unpaired) electrons. The van der Waals surface area contributed by atoms with Crippen molar-refractivity contribution in [3.63, 3.8) is 0 Å².